The molecule has 2 saturated heterocycles. The lowest BCUT2D eigenvalue weighted by Gasteiger charge is -2.60. The third kappa shape index (κ3) is 1.34. The topological polar surface area (TPSA) is 20.3 Å². The number of hydrogen-bond donors (Lipinski definition) is 0. The fraction of sp³-hybridized carbons (Fsp3) is 0.929. The van der Waals surface area contributed by atoms with Gasteiger partial charge in [-0.2, -0.15) is 0 Å². The molecule has 0 N–H and O–H groups in total. The van der Waals surface area contributed by atoms with Gasteiger partial charge in [-0.1, -0.05) is 26.2 Å². The van der Waals surface area contributed by atoms with Gasteiger partial charge in [0.1, 0.15) is 0 Å². The van der Waals surface area contributed by atoms with E-state index in [2.05, 4.69) is 11.8 Å². The van der Waals surface area contributed by atoms with Crippen LogP contribution in [0.1, 0.15) is 64.7 Å². The average Bonchev–Trinajstić information content (AvgIpc) is 2.31. The molecule has 0 aromatic heterocycles. The summed E-state index contributed by atoms with van der Waals surface area (Å²) in [6.45, 7) is 2.23. The molecule has 2 aliphatic heterocycles. The van der Waals surface area contributed by atoms with Crippen LogP contribution >= 0.6 is 0 Å². The number of hydrogen-bond acceptors (Lipinski definition) is 1. The van der Waals surface area contributed by atoms with Crippen molar-refractivity contribution in [2.45, 2.75) is 76.8 Å². The van der Waals surface area contributed by atoms with Gasteiger partial charge < -0.3 is 4.90 Å². The molecule has 2 atom stereocenters. The van der Waals surface area contributed by atoms with Crippen molar-refractivity contribution in [2.24, 2.45) is 5.41 Å². The highest BCUT2D eigenvalue weighted by Crippen LogP contribution is 2.53. The monoisotopic (exact) mass is 221 g/mol. The van der Waals surface area contributed by atoms with Gasteiger partial charge in [0.15, 0.2) is 0 Å². The van der Waals surface area contributed by atoms with E-state index in [0.717, 1.165) is 12.8 Å². The number of piperidine rings is 1. The number of β-lactam (4-membered cyclic amide) rings is 1. The molecule has 0 radical (unpaired) electrons. The summed E-state index contributed by atoms with van der Waals surface area (Å²) in [5, 5.41) is 0. The Labute approximate surface area is 98.4 Å². The van der Waals surface area contributed by atoms with Crippen molar-refractivity contribution in [2.75, 3.05) is 0 Å². The van der Waals surface area contributed by atoms with E-state index in [9.17, 15) is 4.79 Å². The molecule has 2 nitrogen and oxygen atoms in total. The summed E-state index contributed by atoms with van der Waals surface area (Å²) < 4.78 is 0. The molecule has 1 spiro atoms. The Kier molecular flexibility index (Phi) is 2.49. The van der Waals surface area contributed by atoms with Crippen LogP contribution in [0.3, 0.4) is 0 Å². The summed E-state index contributed by atoms with van der Waals surface area (Å²) in [5.41, 5.74) is 0.540. The largest absolute Gasteiger partial charge is 0.336 e. The number of rotatable bonds is 1. The minimum absolute atomic E-state index is 0.432. The molecule has 1 amide bonds. The predicted octanol–water partition coefficient (Wildman–Crippen LogP) is 3.11. The molecule has 2 heteroatoms. The second-order valence-electron chi connectivity index (χ2n) is 6.04. The standard InChI is InChI=1S/C14H23NO/c1-2-11-6-9-14(7-4-3-5-8-14)12-10-13(16)15(11)12/h11-12H,2-10H2,1H3. The lowest BCUT2D eigenvalue weighted by Crippen LogP contribution is -2.67. The van der Waals surface area contributed by atoms with Crippen molar-refractivity contribution in [3.05, 3.63) is 0 Å². The zero-order valence-electron chi connectivity index (χ0n) is 10.4. The Morgan fingerprint density at radius 3 is 2.62 bits per heavy atom. The van der Waals surface area contributed by atoms with Gasteiger partial charge in [-0.3, -0.25) is 4.79 Å². The maximum Gasteiger partial charge on any atom is 0.225 e. The maximum atomic E-state index is 11.8. The molecule has 3 fully saturated rings. The summed E-state index contributed by atoms with van der Waals surface area (Å²) in [4.78, 5) is 14.0. The van der Waals surface area contributed by atoms with Crippen molar-refractivity contribution < 1.29 is 4.79 Å². The van der Waals surface area contributed by atoms with Crippen LogP contribution in [0.5, 0.6) is 0 Å². The summed E-state index contributed by atoms with van der Waals surface area (Å²) in [6.07, 6.45) is 11.6. The van der Waals surface area contributed by atoms with E-state index in [4.69, 9.17) is 0 Å². The Hall–Kier alpha value is -0.530. The van der Waals surface area contributed by atoms with Crippen LogP contribution in [0.25, 0.3) is 0 Å². The first-order chi connectivity index (χ1) is 7.77. The van der Waals surface area contributed by atoms with Crippen LogP contribution < -0.4 is 0 Å². The fourth-order valence-corrected chi connectivity index (χ4v) is 4.40. The number of amides is 1. The highest BCUT2D eigenvalue weighted by molar-refractivity contribution is 5.84. The molecular formula is C14H23NO. The number of nitrogens with zero attached hydrogens (tertiary/aromatic N) is 1. The highest BCUT2D eigenvalue weighted by atomic mass is 16.2. The zero-order valence-corrected chi connectivity index (χ0v) is 10.4. The Bertz CT molecular complexity index is 293. The minimum Gasteiger partial charge on any atom is -0.336 e. The van der Waals surface area contributed by atoms with Gasteiger partial charge >= 0.3 is 0 Å². The van der Waals surface area contributed by atoms with Crippen LogP contribution in [-0.4, -0.2) is 22.9 Å². The van der Waals surface area contributed by atoms with Gasteiger partial charge in [0, 0.05) is 18.5 Å². The molecule has 0 bridgehead atoms. The maximum absolute atomic E-state index is 11.8. The zero-order chi connectivity index (χ0) is 11.2. The molecule has 0 aromatic carbocycles. The lowest BCUT2D eigenvalue weighted by atomic mass is 9.59. The first kappa shape index (κ1) is 10.6. The fourth-order valence-electron chi connectivity index (χ4n) is 4.40. The quantitative estimate of drug-likeness (QED) is 0.623. The minimum atomic E-state index is 0.432. The highest BCUT2D eigenvalue weighted by Gasteiger charge is 2.55. The first-order valence-corrected chi connectivity index (χ1v) is 7.08. The predicted molar refractivity (Wildman–Crippen MR) is 64.1 cm³/mol. The molecule has 2 heterocycles. The molecule has 16 heavy (non-hydrogen) atoms. The Balaban J connectivity index is 1.81. The van der Waals surface area contributed by atoms with Crippen LogP contribution in [0.4, 0.5) is 0 Å². The Morgan fingerprint density at radius 1 is 1.25 bits per heavy atom. The van der Waals surface area contributed by atoms with Crippen LogP contribution in [0.15, 0.2) is 0 Å². The average molecular weight is 221 g/mol. The molecule has 1 saturated carbocycles. The van der Waals surface area contributed by atoms with Crippen LogP contribution in [0.2, 0.25) is 0 Å². The van der Waals surface area contributed by atoms with Crippen molar-refractivity contribution in [1.29, 1.82) is 0 Å². The van der Waals surface area contributed by atoms with Gasteiger partial charge in [0.2, 0.25) is 5.91 Å². The van der Waals surface area contributed by atoms with E-state index in [1.54, 1.807) is 0 Å². The van der Waals surface area contributed by atoms with Crippen LogP contribution in [0, 0.1) is 5.41 Å². The molecule has 0 aromatic rings. The second-order valence-corrected chi connectivity index (χ2v) is 6.04. The lowest BCUT2D eigenvalue weighted by molar-refractivity contribution is -0.170. The van der Waals surface area contributed by atoms with Gasteiger partial charge in [0.25, 0.3) is 0 Å². The third-order valence-corrected chi connectivity index (χ3v) is 5.39. The normalized spacial score (nSPS) is 37.1. The number of carbonyl (C=O) groups is 1. The molecule has 3 aliphatic rings. The van der Waals surface area contributed by atoms with E-state index in [0.29, 0.717) is 23.4 Å². The van der Waals surface area contributed by atoms with Crippen LogP contribution in [-0.2, 0) is 4.79 Å². The van der Waals surface area contributed by atoms with Crippen molar-refractivity contribution in [3.63, 3.8) is 0 Å². The van der Waals surface area contributed by atoms with Crippen molar-refractivity contribution in [3.8, 4) is 0 Å². The Morgan fingerprint density at radius 2 is 2.00 bits per heavy atom. The number of carbonyl (C=O) groups excluding carboxylic acids is 1. The van der Waals surface area contributed by atoms with Gasteiger partial charge in [-0.25, -0.2) is 0 Å². The van der Waals surface area contributed by atoms with Gasteiger partial charge in [0.05, 0.1) is 0 Å². The van der Waals surface area contributed by atoms with E-state index in [-0.39, 0.29) is 0 Å². The molecule has 3 rings (SSSR count). The first-order valence-electron chi connectivity index (χ1n) is 7.08. The molecule has 2 unspecified atom stereocenters. The summed E-state index contributed by atoms with van der Waals surface area (Å²) in [6, 6.07) is 1.19. The van der Waals surface area contributed by atoms with E-state index < -0.39 is 0 Å². The van der Waals surface area contributed by atoms with E-state index >= 15 is 0 Å². The van der Waals surface area contributed by atoms with Gasteiger partial charge in [-0.15, -0.1) is 0 Å². The summed E-state index contributed by atoms with van der Waals surface area (Å²) in [5.74, 6) is 0.432. The second kappa shape index (κ2) is 3.75. The molecule has 90 valence electrons. The molecular weight excluding hydrogens is 198 g/mol. The van der Waals surface area contributed by atoms with E-state index in [1.807, 2.05) is 0 Å². The van der Waals surface area contributed by atoms with Gasteiger partial charge in [-0.05, 0) is 37.5 Å². The van der Waals surface area contributed by atoms with Crippen molar-refractivity contribution in [1.82, 2.24) is 4.90 Å². The van der Waals surface area contributed by atoms with Crippen molar-refractivity contribution >= 4 is 5.91 Å². The smallest absolute Gasteiger partial charge is 0.225 e. The third-order valence-electron chi connectivity index (χ3n) is 5.39. The van der Waals surface area contributed by atoms with E-state index in [1.165, 1.54) is 44.9 Å². The SMILES string of the molecule is CCC1CCC2(CCCCC2)C2CC(=O)N12. The molecule has 1 aliphatic carbocycles. The summed E-state index contributed by atoms with van der Waals surface area (Å²) >= 11 is 0. The number of fused-ring (bicyclic) bond motifs is 2. The summed E-state index contributed by atoms with van der Waals surface area (Å²) in [7, 11) is 0.